The summed E-state index contributed by atoms with van der Waals surface area (Å²) in [7, 11) is 0. The number of pyridine rings is 2. The number of amides is 1. The van der Waals surface area contributed by atoms with E-state index in [1.165, 1.54) is 6.07 Å². The van der Waals surface area contributed by atoms with Gasteiger partial charge >= 0.3 is 5.69 Å². The van der Waals surface area contributed by atoms with Gasteiger partial charge in [0.05, 0.1) is 46.7 Å². The molecule has 220 valence electrons. The molecule has 3 aromatic heterocycles. The molecule has 1 aliphatic heterocycles. The van der Waals surface area contributed by atoms with Crippen molar-refractivity contribution in [2.75, 3.05) is 13.2 Å². The monoisotopic (exact) mass is 597 g/mol. The van der Waals surface area contributed by atoms with E-state index in [2.05, 4.69) is 15.3 Å². The first-order chi connectivity index (χ1) is 20.4. The maximum absolute atomic E-state index is 13.7. The van der Waals surface area contributed by atoms with Crippen LogP contribution in [0, 0.1) is 5.92 Å². The average Bonchev–Trinajstić information content (AvgIpc) is 3.60. The third-order valence-corrected chi connectivity index (χ3v) is 8.16. The first-order valence-corrected chi connectivity index (χ1v) is 14.4. The number of para-hydroxylation sites is 2. The summed E-state index contributed by atoms with van der Waals surface area (Å²) in [6.07, 6.45) is 3.55. The number of imidazole rings is 1. The quantitative estimate of drug-likeness (QED) is 0.295. The standard InChI is InChI=1S/C30H30ClF2N5O4/c31-19-13-23(27(28(32)33)35-14-19)29(39)36-20-7-5-18(6-8-20)16-37-24-3-1-2-4-25(24)38(30(37)40)21-9-10-26(34-15-21)42-22-11-12-41-17-22/h1-4,9-10,13-15,18,20,22,28H,5-8,11-12,16-17H2,(H,36,39). The van der Waals surface area contributed by atoms with Crippen LogP contribution in [-0.4, -0.2) is 50.4 Å². The minimum Gasteiger partial charge on any atom is -0.472 e. The topological polar surface area (TPSA) is 100 Å². The normalized spacial score (nSPS) is 20.7. The molecule has 2 aliphatic rings. The summed E-state index contributed by atoms with van der Waals surface area (Å²) in [5.41, 5.74) is 1.32. The number of alkyl halides is 2. The lowest BCUT2D eigenvalue weighted by Gasteiger charge is -2.29. The van der Waals surface area contributed by atoms with Crippen molar-refractivity contribution < 1.29 is 23.0 Å². The van der Waals surface area contributed by atoms with Crippen LogP contribution in [0.3, 0.4) is 0 Å². The third kappa shape index (κ3) is 5.89. The van der Waals surface area contributed by atoms with Gasteiger partial charge in [0.25, 0.3) is 12.3 Å². The molecule has 1 aromatic carbocycles. The molecule has 42 heavy (non-hydrogen) atoms. The van der Waals surface area contributed by atoms with Crippen molar-refractivity contribution in [2.24, 2.45) is 5.92 Å². The Morgan fingerprint density at radius 1 is 1.07 bits per heavy atom. The highest BCUT2D eigenvalue weighted by molar-refractivity contribution is 6.30. The zero-order chi connectivity index (χ0) is 29.2. The van der Waals surface area contributed by atoms with Crippen LogP contribution in [0.5, 0.6) is 5.88 Å². The van der Waals surface area contributed by atoms with Gasteiger partial charge in [0.15, 0.2) is 0 Å². The van der Waals surface area contributed by atoms with E-state index in [-0.39, 0.29) is 34.3 Å². The second-order valence-corrected chi connectivity index (χ2v) is 11.2. The van der Waals surface area contributed by atoms with Gasteiger partial charge in [-0.05, 0) is 55.9 Å². The number of hydrogen-bond donors (Lipinski definition) is 1. The Bertz CT molecular complexity index is 1630. The minimum atomic E-state index is -2.88. The summed E-state index contributed by atoms with van der Waals surface area (Å²) in [6, 6.07) is 12.3. The Kier molecular flexibility index (Phi) is 8.21. The number of hydrogen-bond acceptors (Lipinski definition) is 6. The fourth-order valence-electron chi connectivity index (χ4n) is 5.80. The molecule has 1 amide bonds. The van der Waals surface area contributed by atoms with Crippen molar-refractivity contribution in [3.63, 3.8) is 0 Å². The van der Waals surface area contributed by atoms with Crippen LogP contribution >= 0.6 is 11.6 Å². The summed E-state index contributed by atoms with van der Waals surface area (Å²) < 4.78 is 41.4. The molecular weight excluding hydrogens is 568 g/mol. The van der Waals surface area contributed by atoms with Crippen molar-refractivity contribution in [1.82, 2.24) is 24.4 Å². The number of fused-ring (bicyclic) bond motifs is 1. The summed E-state index contributed by atoms with van der Waals surface area (Å²) in [5, 5.41) is 2.99. The first kappa shape index (κ1) is 28.3. The van der Waals surface area contributed by atoms with Gasteiger partial charge in [0, 0.05) is 31.3 Å². The van der Waals surface area contributed by atoms with Crippen molar-refractivity contribution in [3.8, 4) is 11.6 Å². The van der Waals surface area contributed by atoms with Gasteiger partial charge in [-0.25, -0.2) is 18.6 Å². The second kappa shape index (κ2) is 12.2. The van der Waals surface area contributed by atoms with E-state index >= 15 is 0 Å². The number of benzene rings is 1. The molecule has 2 fully saturated rings. The maximum Gasteiger partial charge on any atom is 0.333 e. The van der Waals surface area contributed by atoms with Gasteiger partial charge in [-0.3, -0.25) is 18.9 Å². The van der Waals surface area contributed by atoms with Crippen LogP contribution in [0.2, 0.25) is 5.02 Å². The number of ether oxygens (including phenoxy) is 2. The molecule has 1 aliphatic carbocycles. The van der Waals surface area contributed by atoms with Crippen LogP contribution in [0.1, 0.15) is 54.6 Å². The molecule has 6 rings (SSSR count). The van der Waals surface area contributed by atoms with E-state index in [0.29, 0.717) is 44.2 Å². The van der Waals surface area contributed by atoms with Crippen LogP contribution in [0.15, 0.2) is 59.7 Å². The molecule has 1 atom stereocenters. The minimum absolute atomic E-state index is 0.0136. The van der Waals surface area contributed by atoms with E-state index < -0.39 is 18.0 Å². The SMILES string of the molecule is O=C(NC1CCC(Cn2c(=O)n(-c3ccc(OC4CCOC4)nc3)c3ccccc32)CC1)c1cc(Cl)cnc1C(F)F. The van der Waals surface area contributed by atoms with Crippen molar-refractivity contribution >= 4 is 28.5 Å². The van der Waals surface area contributed by atoms with Crippen LogP contribution < -0.4 is 15.7 Å². The number of carbonyl (C=O) groups is 1. The summed E-state index contributed by atoms with van der Waals surface area (Å²) in [5.74, 6) is 0.0960. The number of nitrogens with one attached hydrogen (secondary N) is 1. The Balaban J connectivity index is 1.14. The molecule has 1 saturated heterocycles. The lowest BCUT2D eigenvalue weighted by molar-refractivity contribution is 0.0904. The van der Waals surface area contributed by atoms with Crippen LogP contribution in [0.4, 0.5) is 8.78 Å². The highest BCUT2D eigenvalue weighted by atomic mass is 35.5. The molecule has 9 nitrogen and oxygen atoms in total. The highest BCUT2D eigenvalue weighted by Gasteiger charge is 2.27. The lowest BCUT2D eigenvalue weighted by Crippen LogP contribution is -2.39. The second-order valence-electron chi connectivity index (χ2n) is 10.8. The maximum atomic E-state index is 13.7. The summed E-state index contributed by atoms with van der Waals surface area (Å²) in [4.78, 5) is 34.6. The van der Waals surface area contributed by atoms with Gasteiger partial charge in [0.2, 0.25) is 5.88 Å². The zero-order valence-corrected chi connectivity index (χ0v) is 23.5. The fourth-order valence-corrected chi connectivity index (χ4v) is 5.96. The molecule has 4 aromatic rings. The van der Waals surface area contributed by atoms with Gasteiger partial charge in [-0.15, -0.1) is 0 Å². The van der Waals surface area contributed by atoms with Gasteiger partial charge in [0.1, 0.15) is 11.8 Å². The predicted molar refractivity (Wildman–Crippen MR) is 153 cm³/mol. The predicted octanol–water partition coefficient (Wildman–Crippen LogP) is 5.33. The highest BCUT2D eigenvalue weighted by Crippen LogP contribution is 2.29. The Hall–Kier alpha value is -3.83. The van der Waals surface area contributed by atoms with Gasteiger partial charge in [-0.1, -0.05) is 23.7 Å². The van der Waals surface area contributed by atoms with Crippen molar-refractivity contribution in [2.45, 2.75) is 57.2 Å². The molecule has 0 bridgehead atoms. The number of carbonyl (C=O) groups excluding carboxylic acids is 1. The fraction of sp³-hybridized carbons (Fsp3) is 0.400. The van der Waals surface area contributed by atoms with Crippen molar-refractivity contribution in [1.29, 1.82) is 0 Å². The molecule has 1 saturated carbocycles. The van der Waals surface area contributed by atoms with E-state index in [0.717, 1.165) is 36.5 Å². The van der Waals surface area contributed by atoms with Crippen LogP contribution in [0.25, 0.3) is 16.7 Å². The third-order valence-electron chi connectivity index (χ3n) is 7.95. The Labute approximate surface area is 245 Å². The molecule has 0 spiro atoms. The van der Waals surface area contributed by atoms with E-state index in [1.54, 1.807) is 21.4 Å². The number of nitrogens with zero attached hydrogens (tertiary/aromatic N) is 4. The molecule has 1 N–H and O–H groups in total. The number of aromatic nitrogens is 4. The molecule has 12 heteroatoms. The van der Waals surface area contributed by atoms with Gasteiger partial charge in [-0.2, -0.15) is 0 Å². The number of halogens is 3. The average molecular weight is 598 g/mol. The zero-order valence-electron chi connectivity index (χ0n) is 22.7. The molecule has 0 radical (unpaired) electrons. The van der Waals surface area contributed by atoms with Crippen molar-refractivity contribution in [3.05, 3.63) is 81.6 Å². The number of rotatable bonds is 8. The molecule has 4 heterocycles. The summed E-state index contributed by atoms with van der Waals surface area (Å²) in [6.45, 7) is 1.75. The Morgan fingerprint density at radius 2 is 1.86 bits per heavy atom. The molecular formula is C30H30ClF2N5O4. The van der Waals surface area contributed by atoms with Gasteiger partial charge < -0.3 is 14.8 Å². The largest absolute Gasteiger partial charge is 0.472 e. The summed E-state index contributed by atoms with van der Waals surface area (Å²) >= 11 is 5.91. The van der Waals surface area contributed by atoms with E-state index in [4.69, 9.17) is 21.1 Å². The van der Waals surface area contributed by atoms with E-state index in [1.807, 2.05) is 30.3 Å². The van der Waals surface area contributed by atoms with E-state index in [9.17, 15) is 18.4 Å². The lowest BCUT2D eigenvalue weighted by atomic mass is 9.85. The smallest absolute Gasteiger partial charge is 0.333 e. The first-order valence-electron chi connectivity index (χ1n) is 14.0. The molecule has 1 unspecified atom stereocenters. The Morgan fingerprint density at radius 3 is 2.55 bits per heavy atom. The van der Waals surface area contributed by atoms with Crippen LogP contribution in [-0.2, 0) is 11.3 Å².